The van der Waals surface area contributed by atoms with E-state index in [-0.39, 0.29) is 17.7 Å². The quantitative estimate of drug-likeness (QED) is 0.499. The molecule has 14 heteroatoms. The molecule has 11 nitrogen and oxygen atoms in total. The third kappa shape index (κ3) is 4.90. The van der Waals surface area contributed by atoms with E-state index in [1.54, 1.807) is 6.92 Å². The number of ketones is 1. The van der Waals surface area contributed by atoms with Crippen LogP contribution in [-0.4, -0.2) is 81.2 Å². The number of halogens is 3. The number of hydrogen-bond donors (Lipinski definition) is 3. The molecule has 0 aliphatic carbocycles. The number of carboxylic acid groups (broad SMARTS) is 1. The van der Waals surface area contributed by atoms with Crippen molar-refractivity contribution in [3.63, 3.8) is 0 Å². The van der Waals surface area contributed by atoms with E-state index in [1.165, 1.54) is 0 Å². The predicted molar refractivity (Wildman–Crippen MR) is 133 cm³/mol. The van der Waals surface area contributed by atoms with Gasteiger partial charge in [0.15, 0.2) is 17.5 Å². The molecule has 204 valence electrons. The first-order valence-corrected chi connectivity index (χ1v) is 12.5. The maximum atomic E-state index is 12.6. The molecular formula is C24H29F3N8O3. The molecule has 2 aromatic heterocycles. The second kappa shape index (κ2) is 9.55. The zero-order valence-corrected chi connectivity index (χ0v) is 21.3. The van der Waals surface area contributed by atoms with Crippen LogP contribution < -0.4 is 20.4 Å². The molecule has 6 heterocycles. The number of nitrogens with zero attached hydrogens (tertiary/aromatic N) is 6. The van der Waals surface area contributed by atoms with Crippen molar-refractivity contribution in [2.75, 3.05) is 46.6 Å². The van der Waals surface area contributed by atoms with Crippen LogP contribution in [0.1, 0.15) is 58.8 Å². The smallest absolute Gasteiger partial charge is 0.391 e. The summed E-state index contributed by atoms with van der Waals surface area (Å²) >= 11 is 0. The highest BCUT2D eigenvalue weighted by molar-refractivity contribution is 5.94. The van der Waals surface area contributed by atoms with Gasteiger partial charge < -0.3 is 25.5 Å². The van der Waals surface area contributed by atoms with Gasteiger partial charge in [-0.1, -0.05) is 6.92 Å². The molecule has 4 bridgehead atoms. The van der Waals surface area contributed by atoms with Gasteiger partial charge in [0.2, 0.25) is 11.6 Å². The van der Waals surface area contributed by atoms with E-state index in [0.29, 0.717) is 23.4 Å². The molecule has 0 aromatic carbocycles. The summed E-state index contributed by atoms with van der Waals surface area (Å²) < 4.78 is 37.7. The lowest BCUT2D eigenvalue weighted by molar-refractivity contribution is -0.168. The van der Waals surface area contributed by atoms with Gasteiger partial charge in [-0.25, -0.2) is 24.7 Å². The van der Waals surface area contributed by atoms with Crippen molar-refractivity contribution in [3.05, 3.63) is 23.0 Å². The maximum absolute atomic E-state index is 12.6. The summed E-state index contributed by atoms with van der Waals surface area (Å²) in [5.41, 5.74) is 3.17. The lowest BCUT2D eigenvalue weighted by Crippen LogP contribution is -2.34. The Morgan fingerprint density at radius 1 is 0.921 bits per heavy atom. The van der Waals surface area contributed by atoms with Gasteiger partial charge in [0.1, 0.15) is 11.4 Å². The second-order valence-corrected chi connectivity index (χ2v) is 10.2. The highest BCUT2D eigenvalue weighted by atomic mass is 19.4. The summed E-state index contributed by atoms with van der Waals surface area (Å²) in [6, 6.07) is 0.669. The third-order valence-corrected chi connectivity index (χ3v) is 7.30. The van der Waals surface area contributed by atoms with Crippen molar-refractivity contribution < 1.29 is 27.9 Å². The number of carboxylic acids is 1. The Balaban J connectivity index is 0.000000162. The zero-order chi connectivity index (χ0) is 27.4. The first-order valence-electron chi connectivity index (χ1n) is 12.5. The summed E-state index contributed by atoms with van der Waals surface area (Å²) in [5.74, 6) is -2.50. The SMILES string of the molecule is Cc1nc(C(=O)C[C@H](C)C(F)(F)F)nc2c1N1CC[C@@H](C1)N2.Cc1nc(C(=O)O)nc2c1N1CC[C@@H](C1)N2. The van der Waals surface area contributed by atoms with E-state index in [9.17, 15) is 22.8 Å². The Morgan fingerprint density at radius 2 is 1.39 bits per heavy atom. The van der Waals surface area contributed by atoms with E-state index in [1.807, 2.05) is 6.92 Å². The minimum atomic E-state index is -4.39. The fraction of sp³-hybridized carbons (Fsp3) is 0.583. The number of fused-ring (bicyclic) bond motifs is 8. The number of aromatic carboxylic acids is 1. The average molecular weight is 535 g/mol. The molecule has 2 saturated heterocycles. The maximum Gasteiger partial charge on any atom is 0.391 e. The highest BCUT2D eigenvalue weighted by Gasteiger charge is 2.39. The number of nitrogens with one attached hydrogen (secondary N) is 2. The van der Waals surface area contributed by atoms with Gasteiger partial charge >= 0.3 is 12.1 Å². The van der Waals surface area contributed by atoms with Gasteiger partial charge in [-0.2, -0.15) is 13.2 Å². The largest absolute Gasteiger partial charge is 0.475 e. The van der Waals surface area contributed by atoms with Crippen molar-refractivity contribution in [2.45, 2.75) is 58.3 Å². The molecule has 0 unspecified atom stereocenters. The number of carbonyl (C=O) groups excluding carboxylic acids is 1. The third-order valence-electron chi connectivity index (χ3n) is 7.30. The van der Waals surface area contributed by atoms with Gasteiger partial charge in [-0.15, -0.1) is 0 Å². The molecule has 0 amide bonds. The summed E-state index contributed by atoms with van der Waals surface area (Å²) in [4.78, 5) is 43.6. The zero-order valence-electron chi connectivity index (χ0n) is 21.3. The van der Waals surface area contributed by atoms with Crippen LogP contribution in [0.2, 0.25) is 0 Å². The molecule has 3 N–H and O–H groups in total. The normalized spacial score (nSPS) is 21.4. The molecule has 3 atom stereocenters. The average Bonchev–Trinajstić information content (AvgIpc) is 3.40. The van der Waals surface area contributed by atoms with E-state index in [4.69, 9.17) is 5.11 Å². The summed E-state index contributed by atoms with van der Waals surface area (Å²) in [5, 5.41) is 15.4. The molecule has 0 spiro atoms. The van der Waals surface area contributed by atoms with Crippen molar-refractivity contribution in [1.29, 1.82) is 0 Å². The van der Waals surface area contributed by atoms with Gasteiger partial charge in [0.25, 0.3) is 0 Å². The van der Waals surface area contributed by atoms with Crippen LogP contribution in [0.25, 0.3) is 0 Å². The molecule has 4 aliphatic rings. The Morgan fingerprint density at radius 3 is 1.87 bits per heavy atom. The van der Waals surface area contributed by atoms with Crippen molar-refractivity contribution >= 4 is 34.8 Å². The minimum Gasteiger partial charge on any atom is -0.475 e. The highest BCUT2D eigenvalue weighted by Crippen LogP contribution is 2.37. The monoisotopic (exact) mass is 534 g/mol. The molecule has 0 radical (unpaired) electrons. The number of alkyl halides is 3. The van der Waals surface area contributed by atoms with Crippen LogP contribution in [0.5, 0.6) is 0 Å². The van der Waals surface area contributed by atoms with Crippen LogP contribution in [0.15, 0.2) is 0 Å². The van der Waals surface area contributed by atoms with E-state index in [2.05, 4.69) is 40.4 Å². The Bertz CT molecular complexity index is 1290. The van der Waals surface area contributed by atoms with E-state index >= 15 is 0 Å². The standard InChI is InChI=1S/C14H17F3N4O.C10H12N4O2/c1-7(14(15,16)17)5-10(22)12-18-8(2)11-13(20-12)19-9-3-4-21(11)6-9;1-5-7-8(13-9(11-5)10(15)16)12-6-2-3-14(7)4-6/h7,9H,3-6H2,1-2H3,(H,18,19,20);6H,2-4H2,1H3,(H,15,16)(H,11,12,13)/t7-,9-;6-/m00/s1. The van der Waals surface area contributed by atoms with Crippen LogP contribution >= 0.6 is 0 Å². The minimum absolute atomic E-state index is 0.133. The van der Waals surface area contributed by atoms with Crippen LogP contribution in [-0.2, 0) is 0 Å². The molecule has 38 heavy (non-hydrogen) atoms. The molecule has 2 fully saturated rings. The lowest BCUT2D eigenvalue weighted by atomic mass is 10.0. The molecule has 0 saturated carbocycles. The molecule has 6 rings (SSSR count). The van der Waals surface area contributed by atoms with Gasteiger partial charge in [-0.05, 0) is 26.7 Å². The van der Waals surface area contributed by atoms with Gasteiger partial charge in [0, 0.05) is 44.7 Å². The van der Waals surface area contributed by atoms with Gasteiger partial charge in [0.05, 0.1) is 17.3 Å². The lowest BCUT2D eigenvalue weighted by Gasteiger charge is -2.29. The van der Waals surface area contributed by atoms with Crippen molar-refractivity contribution in [3.8, 4) is 0 Å². The fourth-order valence-corrected chi connectivity index (χ4v) is 5.35. The number of anilines is 4. The van der Waals surface area contributed by atoms with Crippen LogP contribution in [0.3, 0.4) is 0 Å². The molecular weight excluding hydrogens is 505 g/mol. The fourth-order valence-electron chi connectivity index (χ4n) is 5.35. The second-order valence-electron chi connectivity index (χ2n) is 10.2. The summed E-state index contributed by atoms with van der Waals surface area (Å²) in [7, 11) is 0. The summed E-state index contributed by atoms with van der Waals surface area (Å²) in [6.45, 7) is 8.29. The number of carbonyl (C=O) groups is 2. The number of aryl methyl sites for hydroxylation is 2. The number of rotatable bonds is 4. The van der Waals surface area contributed by atoms with Crippen LogP contribution in [0.4, 0.5) is 36.2 Å². The number of hydrogen-bond acceptors (Lipinski definition) is 10. The van der Waals surface area contributed by atoms with Crippen molar-refractivity contribution in [1.82, 2.24) is 19.9 Å². The Hall–Kier alpha value is -3.71. The van der Waals surface area contributed by atoms with E-state index in [0.717, 1.165) is 63.0 Å². The Labute approximate surface area is 216 Å². The first-order chi connectivity index (χ1) is 17.9. The number of aromatic nitrogens is 4. The Kier molecular flexibility index (Phi) is 6.51. The van der Waals surface area contributed by atoms with Crippen LogP contribution in [0, 0.1) is 19.8 Å². The molecule has 2 aromatic rings. The molecule has 4 aliphatic heterocycles. The topological polar surface area (TPSA) is 136 Å². The number of Topliss-reactive ketones (excluding diaryl/α,β-unsaturated/α-hetero) is 1. The van der Waals surface area contributed by atoms with E-state index < -0.39 is 30.3 Å². The van der Waals surface area contributed by atoms with Gasteiger partial charge in [-0.3, -0.25) is 4.79 Å². The first kappa shape index (κ1) is 25.9. The summed E-state index contributed by atoms with van der Waals surface area (Å²) in [6.07, 6.45) is -2.97. The predicted octanol–water partition coefficient (Wildman–Crippen LogP) is 3.05. The van der Waals surface area contributed by atoms with Crippen molar-refractivity contribution in [2.24, 2.45) is 5.92 Å².